The molecule has 0 spiro atoms. The zero-order valence-electron chi connectivity index (χ0n) is 11.9. The Balaban J connectivity index is 1.71. The molecule has 0 saturated heterocycles. The molecule has 0 radical (unpaired) electrons. The third-order valence-electron chi connectivity index (χ3n) is 4.86. The molecule has 0 saturated carbocycles. The lowest BCUT2D eigenvalue weighted by molar-refractivity contribution is 0.0952. The van der Waals surface area contributed by atoms with Crippen LogP contribution in [0.4, 0.5) is 0 Å². The van der Waals surface area contributed by atoms with Crippen molar-refractivity contribution in [3.8, 4) is 0 Å². The summed E-state index contributed by atoms with van der Waals surface area (Å²) in [5.74, 6) is 0.383. The molecule has 1 amide bonds. The van der Waals surface area contributed by atoms with Crippen LogP contribution in [0.15, 0.2) is 60.9 Å². The number of carbonyl (C=O) groups is 1. The maximum absolute atomic E-state index is 12.8. The van der Waals surface area contributed by atoms with Gasteiger partial charge in [0.25, 0.3) is 5.91 Å². The van der Waals surface area contributed by atoms with Gasteiger partial charge in [0.05, 0.1) is 6.04 Å². The summed E-state index contributed by atoms with van der Waals surface area (Å²) in [7, 11) is 0. The number of fused-ring (bicyclic) bond motifs is 5. The number of carbonyl (C=O) groups excluding carboxylic acids is 1. The lowest BCUT2D eigenvalue weighted by atomic mass is 9.89. The van der Waals surface area contributed by atoms with E-state index in [1.54, 1.807) is 0 Å². The van der Waals surface area contributed by atoms with Crippen LogP contribution in [0.5, 0.6) is 0 Å². The number of nitrogens with zero attached hydrogens (tertiary/aromatic N) is 2. The predicted octanol–water partition coefficient (Wildman–Crippen LogP) is 3.18. The molecule has 5 rings (SSSR count). The Bertz CT molecular complexity index is 862. The fourth-order valence-corrected chi connectivity index (χ4v) is 3.90. The summed E-state index contributed by atoms with van der Waals surface area (Å²) in [6, 6.07) is 16.4. The Hall–Kier alpha value is -2.75. The zero-order chi connectivity index (χ0) is 14.7. The van der Waals surface area contributed by atoms with Gasteiger partial charge in [0, 0.05) is 35.3 Å². The maximum atomic E-state index is 12.8. The highest BCUT2D eigenvalue weighted by Gasteiger charge is 2.44. The molecular weight excluding hydrogens is 274 g/mol. The molecule has 4 heterocycles. The number of hydrogen-bond donors (Lipinski definition) is 1. The van der Waals surface area contributed by atoms with Crippen LogP contribution in [0.2, 0.25) is 0 Å². The molecule has 2 aliphatic rings. The molecule has 22 heavy (non-hydrogen) atoms. The third-order valence-corrected chi connectivity index (χ3v) is 4.86. The number of hydrogen-bond acceptors (Lipinski definition) is 1. The standard InChI is InChI=1S/C18H15N3O/c22-18-13-6-2-1-5-12(13)17-11-14(15-7-3-9-19-15)16-8-4-10-20(16)21(17)18/h1-10,14,17,19H,11H2/t14-,17-/m0/s1. The van der Waals surface area contributed by atoms with E-state index in [0.29, 0.717) is 0 Å². The predicted molar refractivity (Wildman–Crippen MR) is 83.4 cm³/mol. The van der Waals surface area contributed by atoms with Gasteiger partial charge in [0.15, 0.2) is 0 Å². The molecule has 1 aromatic carbocycles. The fourth-order valence-electron chi connectivity index (χ4n) is 3.90. The van der Waals surface area contributed by atoms with Gasteiger partial charge in [0.2, 0.25) is 0 Å². The third kappa shape index (κ3) is 1.39. The van der Waals surface area contributed by atoms with Crippen molar-refractivity contribution in [3.63, 3.8) is 0 Å². The summed E-state index contributed by atoms with van der Waals surface area (Å²) < 4.78 is 2.03. The summed E-state index contributed by atoms with van der Waals surface area (Å²) in [4.78, 5) is 16.1. The molecule has 2 aliphatic heterocycles. The molecule has 108 valence electrons. The van der Waals surface area contributed by atoms with Gasteiger partial charge < -0.3 is 4.98 Å². The number of nitrogens with one attached hydrogen (secondary N) is 1. The molecular formula is C18H15N3O. The van der Waals surface area contributed by atoms with E-state index in [2.05, 4.69) is 23.2 Å². The van der Waals surface area contributed by atoms with Crippen molar-refractivity contribution in [2.45, 2.75) is 18.4 Å². The first-order valence-corrected chi connectivity index (χ1v) is 7.58. The lowest BCUT2D eigenvalue weighted by Crippen LogP contribution is -2.43. The number of H-pyrrole nitrogens is 1. The summed E-state index contributed by atoms with van der Waals surface area (Å²) in [5, 5.41) is 1.90. The largest absolute Gasteiger partial charge is 0.364 e. The SMILES string of the molecule is O=C1c2ccccc2[C@@H]2C[C@@H](c3ccc[nH]3)c3cccn3N12. The molecule has 4 heteroatoms. The smallest absolute Gasteiger partial charge is 0.273 e. The molecule has 1 N–H and O–H groups in total. The number of amides is 1. The molecule has 0 bridgehead atoms. The highest BCUT2D eigenvalue weighted by atomic mass is 16.2. The minimum absolute atomic E-state index is 0.1000. The first kappa shape index (κ1) is 11.9. The van der Waals surface area contributed by atoms with Gasteiger partial charge in [0.1, 0.15) is 0 Å². The normalized spacial score (nSPS) is 22.4. The zero-order valence-corrected chi connectivity index (χ0v) is 11.9. The molecule has 2 aromatic heterocycles. The van der Waals surface area contributed by atoms with Crippen molar-refractivity contribution < 1.29 is 4.79 Å². The van der Waals surface area contributed by atoms with Crippen molar-refractivity contribution in [3.05, 3.63) is 83.4 Å². The second kappa shape index (κ2) is 4.13. The second-order valence-electron chi connectivity index (χ2n) is 5.94. The van der Waals surface area contributed by atoms with Crippen LogP contribution in [0.25, 0.3) is 0 Å². The molecule has 2 atom stereocenters. The first-order valence-electron chi connectivity index (χ1n) is 7.58. The highest BCUT2D eigenvalue weighted by Crippen LogP contribution is 2.45. The summed E-state index contributed by atoms with van der Waals surface area (Å²) in [5.41, 5.74) is 4.35. The van der Waals surface area contributed by atoms with Gasteiger partial charge in [-0.2, -0.15) is 0 Å². The molecule has 0 unspecified atom stereocenters. The van der Waals surface area contributed by atoms with E-state index >= 15 is 0 Å². The Morgan fingerprint density at radius 3 is 2.82 bits per heavy atom. The van der Waals surface area contributed by atoms with Gasteiger partial charge in [-0.3, -0.25) is 9.47 Å². The van der Waals surface area contributed by atoms with Crippen molar-refractivity contribution in [2.24, 2.45) is 0 Å². The van der Waals surface area contributed by atoms with E-state index in [-0.39, 0.29) is 17.9 Å². The minimum Gasteiger partial charge on any atom is -0.364 e. The quantitative estimate of drug-likeness (QED) is 0.734. The van der Waals surface area contributed by atoms with E-state index in [1.165, 1.54) is 11.4 Å². The van der Waals surface area contributed by atoms with E-state index in [1.807, 2.05) is 52.4 Å². The average molecular weight is 289 g/mol. The Morgan fingerprint density at radius 2 is 1.95 bits per heavy atom. The van der Waals surface area contributed by atoms with Crippen LogP contribution < -0.4 is 5.01 Å². The van der Waals surface area contributed by atoms with Crippen LogP contribution in [0.1, 0.15) is 45.7 Å². The highest BCUT2D eigenvalue weighted by molar-refractivity contribution is 6.06. The Labute approximate surface area is 128 Å². The van der Waals surface area contributed by atoms with Gasteiger partial charge in [-0.25, -0.2) is 5.01 Å². The van der Waals surface area contributed by atoms with E-state index in [0.717, 1.165) is 17.5 Å². The monoisotopic (exact) mass is 289 g/mol. The van der Waals surface area contributed by atoms with Crippen LogP contribution in [-0.2, 0) is 0 Å². The van der Waals surface area contributed by atoms with Crippen LogP contribution in [-0.4, -0.2) is 15.6 Å². The Kier molecular flexibility index (Phi) is 2.23. The minimum atomic E-state index is 0.1000. The molecule has 0 aliphatic carbocycles. The van der Waals surface area contributed by atoms with Crippen molar-refractivity contribution >= 4 is 5.91 Å². The van der Waals surface area contributed by atoms with E-state index < -0.39 is 0 Å². The van der Waals surface area contributed by atoms with Gasteiger partial charge in [-0.15, -0.1) is 0 Å². The number of aromatic amines is 1. The molecule has 3 aromatic rings. The average Bonchev–Trinajstić information content (AvgIpc) is 3.27. The topological polar surface area (TPSA) is 41.0 Å². The molecule has 4 nitrogen and oxygen atoms in total. The summed E-state index contributed by atoms with van der Waals surface area (Å²) >= 11 is 0. The van der Waals surface area contributed by atoms with Crippen molar-refractivity contribution in [1.82, 2.24) is 9.66 Å². The maximum Gasteiger partial charge on any atom is 0.273 e. The van der Waals surface area contributed by atoms with E-state index in [4.69, 9.17) is 0 Å². The van der Waals surface area contributed by atoms with Gasteiger partial charge in [-0.1, -0.05) is 18.2 Å². The number of benzene rings is 1. The summed E-state index contributed by atoms with van der Waals surface area (Å²) in [6.45, 7) is 0. The number of rotatable bonds is 1. The van der Waals surface area contributed by atoms with Crippen LogP contribution in [0.3, 0.4) is 0 Å². The molecule has 0 fully saturated rings. The van der Waals surface area contributed by atoms with Gasteiger partial charge in [-0.05, 0) is 42.3 Å². The van der Waals surface area contributed by atoms with Crippen molar-refractivity contribution in [1.29, 1.82) is 0 Å². The lowest BCUT2D eigenvalue weighted by Gasteiger charge is -2.37. The van der Waals surface area contributed by atoms with Crippen LogP contribution >= 0.6 is 0 Å². The van der Waals surface area contributed by atoms with Crippen LogP contribution in [0, 0.1) is 0 Å². The first-order chi connectivity index (χ1) is 10.8. The fraction of sp³-hybridized carbons (Fsp3) is 0.167. The Morgan fingerprint density at radius 1 is 1.05 bits per heavy atom. The van der Waals surface area contributed by atoms with Crippen molar-refractivity contribution in [2.75, 3.05) is 5.01 Å². The second-order valence-corrected chi connectivity index (χ2v) is 5.94. The number of aromatic nitrogens is 2. The summed E-state index contributed by atoms with van der Waals surface area (Å²) in [6.07, 6.45) is 4.86. The van der Waals surface area contributed by atoms with E-state index in [9.17, 15) is 4.79 Å². The van der Waals surface area contributed by atoms with Gasteiger partial charge >= 0.3 is 0 Å².